The molecule has 7 nitrogen and oxygen atoms in total. The van der Waals surface area contributed by atoms with Crippen LogP contribution in [0.2, 0.25) is 5.02 Å². The molecule has 1 amide bonds. The van der Waals surface area contributed by atoms with Crippen LogP contribution in [0.4, 0.5) is 0 Å². The highest BCUT2D eigenvalue weighted by Gasteiger charge is 2.27. The number of carbonyl (C=O) groups is 1. The van der Waals surface area contributed by atoms with Gasteiger partial charge < -0.3 is 10.6 Å². The topological polar surface area (TPSA) is 111 Å². The Bertz CT molecular complexity index is 702. The highest BCUT2D eigenvalue weighted by atomic mass is 35.5. The molecular formula is C12H14ClN3O4S. The standard InChI is InChI=1S/C12H14ClN3O4S/c1-7-9(13)3-2-4-11(7)21(18,19)15-6-8-5-10(12(14)17)16-20-8/h2-4,8,15H,5-6H2,1H3,(H2,14,17)/t8-/m0/s1. The smallest absolute Gasteiger partial charge is 0.266 e. The number of nitrogens with one attached hydrogen (secondary N) is 1. The predicted octanol–water partition coefficient (Wildman–Crippen LogP) is 0.557. The van der Waals surface area contributed by atoms with Crippen LogP contribution in [0.5, 0.6) is 0 Å². The number of carbonyl (C=O) groups excluding carboxylic acids is 1. The quantitative estimate of drug-likeness (QED) is 0.821. The molecule has 1 atom stereocenters. The first-order valence-electron chi connectivity index (χ1n) is 6.08. The number of oxime groups is 1. The van der Waals surface area contributed by atoms with Crippen LogP contribution in [0.3, 0.4) is 0 Å². The van der Waals surface area contributed by atoms with Crippen molar-refractivity contribution in [1.29, 1.82) is 0 Å². The minimum Gasteiger partial charge on any atom is -0.390 e. The van der Waals surface area contributed by atoms with E-state index in [4.69, 9.17) is 22.2 Å². The number of amides is 1. The summed E-state index contributed by atoms with van der Waals surface area (Å²) in [5, 5.41) is 3.88. The Hall–Kier alpha value is -1.64. The maximum Gasteiger partial charge on any atom is 0.266 e. The summed E-state index contributed by atoms with van der Waals surface area (Å²) in [5.74, 6) is -0.675. The van der Waals surface area contributed by atoms with Gasteiger partial charge in [0.2, 0.25) is 10.0 Å². The van der Waals surface area contributed by atoms with Crippen molar-refractivity contribution in [2.75, 3.05) is 6.54 Å². The fourth-order valence-corrected chi connectivity index (χ4v) is 3.40. The summed E-state index contributed by atoms with van der Waals surface area (Å²) in [6, 6.07) is 4.64. The molecule has 2 rings (SSSR count). The molecule has 0 unspecified atom stereocenters. The third kappa shape index (κ3) is 3.52. The highest BCUT2D eigenvalue weighted by Crippen LogP contribution is 2.22. The van der Waals surface area contributed by atoms with Gasteiger partial charge in [-0.25, -0.2) is 13.1 Å². The molecule has 0 spiro atoms. The molecule has 1 aromatic rings. The SMILES string of the molecule is Cc1c(Cl)cccc1S(=O)(=O)NC[C@@H]1CC(C(N)=O)=NO1. The van der Waals surface area contributed by atoms with E-state index < -0.39 is 22.0 Å². The van der Waals surface area contributed by atoms with E-state index in [1.165, 1.54) is 6.07 Å². The normalized spacial score (nSPS) is 18.2. The molecule has 0 aliphatic carbocycles. The average Bonchev–Trinajstić information content (AvgIpc) is 2.88. The molecule has 21 heavy (non-hydrogen) atoms. The molecule has 0 fully saturated rings. The van der Waals surface area contributed by atoms with Crippen LogP contribution in [0, 0.1) is 6.92 Å². The Labute approximate surface area is 127 Å². The van der Waals surface area contributed by atoms with Crippen molar-refractivity contribution >= 4 is 33.2 Å². The lowest BCUT2D eigenvalue weighted by Gasteiger charge is -2.12. The summed E-state index contributed by atoms with van der Waals surface area (Å²) in [6.45, 7) is 1.60. The van der Waals surface area contributed by atoms with Crippen molar-refractivity contribution in [3.63, 3.8) is 0 Å². The summed E-state index contributed by atoms with van der Waals surface area (Å²) < 4.78 is 26.9. The van der Waals surface area contributed by atoms with Gasteiger partial charge in [-0.3, -0.25) is 4.79 Å². The van der Waals surface area contributed by atoms with E-state index in [0.717, 1.165) is 0 Å². The minimum atomic E-state index is -3.72. The Balaban J connectivity index is 2.03. The van der Waals surface area contributed by atoms with Crippen LogP contribution >= 0.6 is 11.6 Å². The zero-order valence-electron chi connectivity index (χ0n) is 11.2. The summed E-state index contributed by atoms with van der Waals surface area (Å²) in [4.78, 5) is 16.0. The van der Waals surface area contributed by atoms with Gasteiger partial charge in [0.1, 0.15) is 11.8 Å². The number of rotatable bonds is 5. The Kier molecular flexibility index (Phi) is 4.50. The molecule has 1 aliphatic heterocycles. The van der Waals surface area contributed by atoms with Gasteiger partial charge in [0.25, 0.3) is 5.91 Å². The molecule has 0 saturated carbocycles. The molecule has 1 aromatic carbocycles. The molecule has 9 heteroatoms. The number of benzene rings is 1. The minimum absolute atomic E-state index is 0.0193. The molecule has 0 radical (unpaired) electrons. The lowest BCUT2D eigenvalue weighted by atomic mass is 10.2. The van der Waals surface area contributed by atoms with Crippen molar-refractivity contribution in [3.8, 4) is 0 Å². The average molecular weight is 332 g/mol. The molecule has 0 aromatic heterocycles. The van der Waals surface area contributed by atoms with E-state index in [2.05, 4.69) is 9.88 Å². The van der Waals surface area contributed by atoms with Gasteiger partial charge >= 0.3 is 0 Å². The van der Waals surface area contributed by atoms with Crippen molar-refractivity contribution in [3.05, 3.63) is 28.8 Å². The summed E-state index contributed by atoms with van der Waals surface area (Å²) in [5.41, 5.74) is 5.63. The second-order valence-corrected chi connectivity index (χ2v) is 6.69. The van der Waals surface area contributed by atoms with Crippen LogP contribution in [-0.4, -0.2) is 32.7 Å². The third-order valence-corrected chi connectivity index (χ3v) is 5.00. The fraction of sp³-hybridized carbons (Fsp3) is 0.333. The maximum atomic E-state index is 12.2. The van der Waals surface area contributed by atoms with Crippen molar-refractivity contribution in [1.82, 2.24) is 4.72 Å². The number of halogens is 1. The number of primary amides is 1. The largest absolute Gasteiger partial charge is 0.390 e. The van der Waals surface area contributed by atoms with Crippen LogP contribution < -0.4 is 10.5 Å². The first kappa shape index (κ1) is 15.7. The molecule has 0 saturated heterocycles. The first-order chi connectivity index (χ1) is 9.81. The van der Waals surface area contributed by atoms with Gasteiger partial charge in [-0.1, -0.05) is 22.8 Å². The molecule has 114 valence electrons. The maximum absolute atomic E-state index is 12.2. The Morgan fingerprint density at radius 3 is 2.90 bits per heavy atom. The van der Waals surface area contributed by atoms with Gasteiger partial charge in [0, 0.05) is 11.4 Å². The first-order valence-corrected chi connectivity index (χ1v) is 7.94. The Morgan fingerprint density at radius 2 is 2.29 bits per heavy atom. The van der Waals surface area contributed by atoms with E-state index in [-0.39, 0.29) is 23.6 Å². The van der Waals surface area contributed by atoms with Crippen molar-refractivity contribution in [2.45, 2.75) is 24.3 Å². The van der Waals surface area contributed by atoms with E-state index in [1.807, 2.05) is 0 Å². The van der Waals surface area contributed by atoms with Crippen LogP contribution in [0.15, 0.2) is 28.3 Å². The second kappa shape index (κ2) is 6.00. The van der Waals surface area contributed by atoms with Crippen molar-refractivity contribution < 1.29 is 18.0 Å². The number of nitrogens with zero attached hydrogens (tertiary/aromatic N) is 1. The zero-order valence-corrected chi connectivity index (χ0v) is 12.7. The van der Waals surface area contributed by atoms with Gasteiger partial charge in [-0.15, -0.1) is 0 Å². The third-order valence-electron chi connectivity index (χ3n) is 3.03. The molecule has 1 heterocycles. The molecule has 0 bridgehead atoms. The number of sulfonamides is 1. The van der Waals surface area contributed by atoms with Gasteiger partial charge in [0.05, 0.1) is 11.4 Å². The van der Waals surface area contributed by atoms with Gasteiger partial charge in [-0.2, -0.15) is 0 Å². The van der Waals surface area contributed by atoms with Gasteiger partial charge in [-0.05, 0) is 24.6 Å². The number of hydrogen-bond acceptors (Lipinski definition) is 5. The monoisotopic (exact) mass is 331 g/mol. The fourth-order valence-electron chi connectivity index (χ4n) is 1.84. The second-order valence-electron chi connectivity index (χ2n) is 4.55. The summed E-state index contributed by atoms with van der Waals surface area (Å²) in [7, 11) is -3.72. The van der Waals surface area contributed by atoms with E-state index >= 15 is 0 Å². The van der Waals surface area contributed by atoms with Crippen LogP contribution in [0.1, 0.15) is 12.0 Å². The van der Waals surface area contributed by atoms with E-state index in [0.29, 0.717) is 10.6 Å². The van der Waals surface area contributed by atoms with Crippen LogP contribution in [0.25, 0.3) is 0 Å². The van der Waals surface area contributed by atoms with Gasteiger partial charge in [0.15, 0.2) is 0 Å². The lowest BCUT2D eigenvalue weighted by molar-refractivity contribution is -0.112. The van der Waals surface area contributed by atoms with Crippen LogP contribution in [-0.2, 0) is 19.7 Å². The zero-order chi connectivity index (χ0) is 15.6. The predicted molar refractivity (Wildman–Crippen MR) is 77.5 cm³/mol. The summed E-state index contributed by atoms with van der Waals surface area (Å²) >= 11 is 5.91. The van der Waals surface area contributed by atoms with E-state index in [1.54, 1.807) is 19.1 Å². The number of hydrogen-bond donors (Lipinski definition) is 2. The molecule has 3 N–H and O–H groups in total. The summed E-state index contributed by atoms with van der Waals surface area (Å²) in [6.07, 6.45) is -0.381. The lowest BCUT2D eigenvalue weighted by Crippen LogP contribution is -2.33. The molecular weight excluding hydrogens is 318 g/mol. The highest BCUT2D eigenvalue weighted by molar-refractivity contribution is 7.89. The van der Waals surface area contributed by atoms with Crippen molar-refractivity contribution in [2.24, 2.45) is 10.9 Å². The van der Waals surface area contributed by atoms with E-state index in [9.17, 15) is 13.2 Å². The Morgan fingerprint density at radius 1 is 1.57 bits per heavy atom. The molecule has 1 aliphatic rings. The number of nitrogens with two attached hydrogens (primary N) is 1.